The van der Waals surface area contributed by atoms with E-state index in [0.29, 0.717) is 11.2 Å². The van der Waals surface area contributed by atoms with E-state index in [4.69, 9.17) is 15.8 Å². The monoisotopic (exact) mass is 187 g/mol. The van der Waals surface area contributed by atoms with Crippen LogP contribution in [0.15, 0.2) is 36.4 Å². The topological polar surface area (TPSA) is 66.5 Å². The summed E-state index contributed by atoms with van der Waals surface area (Å²) in [4.78, 5) is 0. The molecule has 0 aliphatic rings. The lowest BCUT2D eigenvalue weighted by Crippen LogP contribution is -2.29. The van der Waals surface area contributed by atoms with Gasteiger partial charge in [0.05, 0.1) is 0 Å². The van der Waals surface area contributed by atoms with E-state index in [1.165, 1.54) is 0 Å². The molecular formula is C10H10BNO2. The van der Waals surface area contributed by atoms with Gasteiger partial charge in [0.2, 0.25) is 0 Å². The van der Waals surface area contributed by atoms with Gasteiger partial charge in [-0.1, -0.05) is 30.3 Å². The van der Waals surface area contributed by atoms with Gasteiger partial charge in [-0.2, -0.15) is 0 Å². The Labute approximate surface area is 81.9 Å². The second kappa shape index (κ2) is 3.33. The Bertz CT molecular complexity index is 471. The smallest absolute Gasteiger partial charge is 0.423 e. The Balaban J connectivity index is 2.67. The zero-order chi connectivity index (χ0) is 10.1. The van der Waals surface area contributed by atoms with Crippen molar-refractivity contribution in [3.05, 3.63) is 36.4 Å². The number of fused-ring (bicyclic) bond motifs is 1. The summed E-state index contributed by atoms with van der Waals surface area (Å²) in [6.07, 6.45) is 0. The number of rotatable bonds is 1. The molecule has 4 N–H and O–H groups in total. The Morgan fingerprint density at radius 3 is 2.57 bits per heavy atom. The van der Waals surface area contributed by atoms with Crippen LogP contribution in [0, 0.1) is 0 Å². The summed E-state index contributed by atoms with van der Waals surface area (Å²) >= 11 is 0. The third-order valence-corrected chi connectivity index (χ3v) is 2.24. The number of hydrogen-bond donors (Lipinski definition) is 3. The fourth-order valence-corrected chi connectivity index (χ4v) is 1.49. The van der Waals surface area contributed by atoms with Crippen LogP contribution in [0.3, 0.4) is 0 Å². The van der Waals surface area contributed by atoms with Crippen LogP contribution >= 0.6 is 0 Å². The van der Waals surface area contributed by atoms with Gasteiger partial charge in [-0.05, 0) is 16.9 Å². The maximum Gasteiger partial charge on any atom is 0.488 e. The van der Waals surface area contributed by atoms with E-state index in [9.17, 15) is 0 Å². The maximum atomic E-state index is 8.98. The highest BCUT2D eigenvalue weighted by atomic mass is 16.4. The van der Waals surface area contributed by atoms with E-state index in [-0.39, 0.29) is 0 Å². The molecule has 14 heavy (non-hydrogen) atoms. The first kappa shape index (κ1) is 9.06. The molecule has 0 fully saturated rings. The summed E-state index contributed by atoms with van der Waals surface area (Å²) in [5.41, 5.74) is 6.93. The van der Waals surface area contributed by atoms with Crippen LogP contribution in [0.25, 0.3) is 10.8 Å². The third-order valence-electron chi connectivity index (χ3n) is 2.24. The summed E-state index contributed by atoms with van der Waals surface area (Å²) in [5.74, 6) is 0. The molecule has 0 aliphatic carbocycles. The van der Waals surface area contributed by atoms with Crippen molar-refractivity contribution in [2.45, 2.75) is 0 Å². The molecular weight excluding hydrogens is 177 g/mol. The van der Waals surface area contributed by atoms with Gasteiger partial charge in [-0.25, -0.2) is 0 Å². The first-order valence-corrected chi connectivity index (χ1v) is 4.33. The molecule has 0 amide bonds. The van der Waals surface area contributed by atoms with E-state index < -0.39 is 7.12 Å². The molecule has 0 unspecified atom stereocenters. The molecule has 0 spiro atoms. The van der Waals surface area contributed by atoms with Crippen molar-refractivity contribution in [1.29, 1.82) is 0 Å². The summed E-state index contributed by atoms with van der Waals surface area (Å²) in [5, 5.41) is 19.8. The first-order chi connectivity index (χ1) is 6.68. The van der Waals surface area contributed by atoms with Crippen molar-refractivity contribution in [2.75, 3.05) is 5.73 Å². The summed E-state index contributed by atoms with van der Waals surface area (Å²) in [6.45, 7) is 0. The van der Waals surface area contributed by atoms with E-state index >= 15 is 0 Å². The number of nitrogens with two attached hydrogens (primary N) is 1. The predicted molar refractivity (Wildman–Crippen MR) is 58.2 cm³/mol. The van der Waals surface area contributed by atoms with Gasteiger partial charge < -0.3 is 15.8 Å². The molecule has 2 aromatic carbocycles. The molecule has 2 aromatic rings. The lowest BCUT2D eigenvalue weighted by Gasteiger charge is -2.04. The second-order valence-electron chi connectivity index (χ2n) is 3.20. The first-order valence-electron chi connectivity index (χ1n) is 4.33. The molecule has 0 aliphatic heterocycles. The molecule has 4 heteroatoms. The van der Waals surface area contributed by atoms with Crippen molar-refractivity contribution < 1.29 is 10.0 Å². The zero-order valence-corrected chi connectivity index (χ0v) is 7.51. The van der Waals surface area contributed by atoms with Crippen molar-refractivity contribution in [3.8, 4) is 0 Å². The second-order valence-corrected chi connectivity index (χ2v) is 3.20. The van der Waals surface area contributed by atoms with Crippen LogP contribution < -0.4 is 11.2 Å². The minimum atomic E-state index is -1.43. The van der Waals surface area contributed by atoms with Crippen molar-refractivity contribution in [2.24, 2.45) is 0 Å². The minimum Gasteiger partial charge on any atom is -0.423 e. The number of benzene rings is 2. The largest absolute Gasteiger partial charge is 0.488 e. The molecule has 2 rings (SSSR count). The minimum absolute atomic E-state index is 0.475. The zero-order valence-electron chi connectivity index (χ0n) is 7.51. The van der Waals surface area contributed by atoms with Gasteiger partial charge in [-0.15, -0.1) is 0 Å². The SMILES string of the molecule is Nc1cccc2cc(B(O)O)ccc12. The summed E-state index contributed by atoms with van der Waals surface area (Å²) < 4.78 is 0. The Hall–Kier alpha value is -1.52. The predicted octanol–water partition coefficient (Wildman–Crippen LogP) is 0.102. The molecule has 0 saturated carbocycles. The lowest BCUT2D eigenvalue weighted by molar-refractivity contribution is 0.426. The standard InChI is InChI=1S/C10H10BNO2/c12-10-3-1-2-7-6-8(11(13)14)4-5-9(7)10/h1-6,13-14H,12H2. The van der Waals surface area contributed by atoms with Crippen LogP contribution in [0.5, 0.6) is 0 Å². The third kappa shape index (κ3) is 1.45. The fraction of sp³-hybridized carbons (Fsp3) is 0. The number of anilines is 1. The van der Waals surface area contributed by atoms with Gasteiger partial charge >= 0.3 is 7.12 Å². The summed E-state index contributed by atoms with van der Waals surface area (Å²) in [6, 6.07) is 10.7. The van der Waals surface area contributed by atoms with Gasteiger partial charge in [0.15, 0.2) is 0 Å². The molecule has 0 aromatic heterocycles. The van der Waals surface area contributed by atoms with E-state index in [2.05, 4.69) is 0 Å². The van der Waals surface area contributed by atoms with E-state index in [1.807, 2.05) is 18.2 Å². The Morgan fingerprint density at radius 2 is 1.86 bits per heavy atom. The molecule has 0 heterocycles. The normalized spacial score (nSPS) is 10.4. The lowest BCUT2D eigenvalue weighted by atomic mass is 9.79. The Kier molecular flexibility index (Phi) is 2.15. The highest BCUT2D eigenvalue weighted by molar-refractivity contribution is 6.58. The highest BCUT2D eigenvalue weighted by Crippen LogP contribution is 2.18. The Morgan fingerprint density at radius 1 is 1.07 bits per heavy atom. The molecule has 0 saturated heterocycles. The summed E-state index contributed by atoms with van der Waals surface area (Å²) in [7, 11) is -1.43. The van der Waals surface area contributed by atoms with Crippen molar-refractivity contribution >= 4 is 29.0 Å². The van der Waals surface area contributed by atoms with Crippen molar-refractivity contribution in [3.63, 3.8) is 0 Å². The number of nitrogen functional groups attached to an aromatic ring is 1. The van der Waals surface area contributed by atoms with Crippen LogP contribution in [-0.2, 0) is 0 Å². The van der Waals surface area contributed by atoms with E-state index in [1.54, 1.807) is 18.2 Å². The molecule has 70 valence electrons. The van der Waals surface area contributed by atoms with Crippen LogP contribution in [-0.4, -0.2) is 17.2 Å². The van der Waals surface area contributed by atoms with Gasteiger partial charge in [0, 0.05) is 11.1 Å². The maximum absolute atomic E-state index is 8.98. The fourth-order valence-electron chi connectivity index (χ4n) is 1.49. The highest BCUT2D eigenvalue weighted by Gasteiger charge is 2.10. The van der Waals surface area contributed by atoms with Gasteiger partial charge in [-0.3, -0.25) is 0 Å². The quantitative estimate of drug-likeness (QED) is 0.438. The molecule has 0 atom stereocenters. The van der Waals surface area contributed by atoms with Crippen LogP contribution in [0.2, 0.25) is 0 Å². The molecule has 0 bridgehead atoms. The number of hydrogen-bond acceptors (Lipinski definition) is 3. The molecule has 3 nitrogen and oxygen atoms in total. The van der Waals surface area contributed by atoms with Gasteiger partial charge in [0.25, 0.3) is 0 Å². The average Bonchev–Trinajstić information content (AvgIpc) is 2.17. The van der Waals surface area contributed by atoms with Crippen LogP contribution in [0.4, 0.5) is 5.69 Å². The molecule has 0 radical (unpaired) electrons. The average molecular weight is 187 g/mol. The van der Waals surface area contributed by atoms with Crippen LogP contribution in [0.1, 0.15) is 0 Å². The van der Waals surface area contributed by atoms with Crippen molar-refractivity contribution in [1.82, 2.24) is 0 Å². The van der Waals surface area contributed by atoms with Gasteiger partial charge in [0.1, 0.15) is 0 Å². The van der Waals surface area contributed by atoms with E-state index in [0.717, 1.165) is 10.8 Å².